The minimum atomic E-state index is -5.01. The number of ether oxygens (including phenoxy) is 1. The van der Waals surface area contributed by atoms with Gasteiger partial charge in [0.1, 0.15) is 5.75 Å². The number of hydrogen-bond donors (Lipinski definition) is 1. The van der Waals surface area contributed by atoms with Crippen LogP contribution in [-0.2, 0) is 4.79 Å². The molecule has 8 heteroatoms. The summed E-state index contributed by atoms with van der Waals surface area (Å²) in [6.07, 6.45) is -5.55. The predicted molar refractivity (Wildman–Crippen MR) is 76.9 cm³/mol. The molecule has 0 fully saturated rings. The van der Waals surface area contributed by atoms with Gasteiger partial charge in [0.05, 0.1) is 0 Å². The first kappa shape index (κ1) is 17.3. The van der Waals surface area contributed by atoms with E-state index in [1.54, 1.807) is 38.1 Å². The van der Waals surface area contributed by atoms with Gasteiger partial charge in [-0.25, -0.2) is 0 Å². The summed E-state index contributed by atoms with van der Waals surface area (Å²) in [7, 11) is 0. The fraction of sp³-hybridized carbons (Fsp3) is 0.467. The highest BCUT2D eigenvalue weighted by molar-refractivity contribution is 5.91. The van der Waals surface area contributed by atoms with Crippen LogP contribution in [0.25, 0.3) is 0 Å². The second-order valence-electron chi connectivity index (χ2n) is 5.27. The summed E-state index contributed by atoms with van der Waals surface area (Å²) in [6.45, 7) is 2.70. The molecule has 0 aliphatic carbocycles. The van der Waals surface area contributed by atoms with E-state index in [1.165, 1.54) is 0 Å². The smallest absolute Gasteiger partial charge is 0.438 e. The standard InChI is InChI=1S/C15H17F3N2O3/c1-3-11-8-14(22,15(16,17)18)20(19-11)13(21)9-23-12-7-5-4-6-10(12)2/h4-7,22H,3,8-9H2,1-2H3. The number of para-hydroxylation sites is 1. The zero-order valence-electron chi connectivity index (χ0n) is 12.7. The first-order valence-electron chi connectivity index (χ1n) is 7.06. The maximum Gasteiger partial charge on any atom is 0.438 e. The van der Waals surface area contributed by atoms with Gasteiger partial charge in [0.25, 0.3) is 11.6 Å². The Hall–Kier alpha value is -2.09. The lowest BCUT2D eigenvalue weighted by Crippen LogP contribution is -2.57. The van der Waals surface area contributed by atoms with Crippen molar-refractivity contribution in [2.75, 3.05) is 6.61 Å². The third-order valence-corrected chi connectivity index (χ3v) is 3.59. The van der Waals surface area contributed by atoms with Gasteiger partial charge in [-0.05, 0) is 25.0 Å². The highest BCUT2D eigenvalue weighted by atomic mass is 19.4. The summed E-state index contributed by atoms with van der Waals surface area (Å²) >= 11 is 0. The molecule has 5 nitrogen and oxygen atoms in total. The molecule has 2 rings (SSSR count). The summed E-state index contributed by atoms with van der Waals surface area (Å²) in [6, 6.07) is 6.80. The SMILES string of the molecule is CCC1=NN(C(=O)COc2ccccc2C)C(O)(C(F)(F)F)C1. The van der Waals surface area contributed by atoms with Crippen molar-refractivity contribution in [3.05, 3.63) is 29.8 Å². The van der Waals surface area contributed by atoms with Crippen LogP contribution in [0.1, 0.15) is 25.3 Å². The Balaban J connectivity index is 2.16. The lowest BCUT2D eigenvalue weighted by atomic mass is 10.1. The number of halogens is 3. The number of aryl methyl sites for hydroxylation is 1. The lowest BCUT2D eigenvalue weighted by Gasteiger charge is -2.32. The van der Waals surface area contributed by atoms with Crippen LogP contribution in [0.2, 0.25) is 0 Å². The molecule has 1 aliphatic rings. The van der Waals surface area contributed by atoms with Crippen LogP contribution in [0.3, 0.4) is 0 Å². The summed E-state index contributed by atoms with van der Waals surface area (Å²) in [5, 5.41) is 13.6. The summed E-state index contributed by atoms with van der Waals surface area (Å²) in [5.74, 6) is -0.674. The maximum absolute atomic E-state index is 13.1. The molecular formula is C15H17F3N2O3. The van der Waals surface area contributed by atoms with Crippen molar-refractivity contribution in [1.82, 2.24) is 5.01 Å². The third kappa shape index (κ3) is 3.31. The number of nitrogens with zero attached hydrogens (tertiary/aromatic N) is 2. The fourth-order valence-corrected chi connectivity index (χ4v) is 2.22. The van der Waals surface area contributed by atoms with Gasteiger partial charge in [0, 0.05) is 12.1 Å². The molecule has 0 saturated heterocycles. The number of alkyl halides is 3. The highest BCUT2D eigenvalue weighted by Crippen LogP contribution is 2.40. The molecule has 1 N–H and O–H groups in total. The van der Waals surface area contributed by atoms with Crippen LogP contribution >= 0.6 is 0 Å². The molecule has 0 spiro atoms. The van der Waals surface area contributed by atoms with Crippen LogP contribution in [0, 0.1) is 6.92 Å². The topological polar surface area (TPSA) is 62.1 Å². The van der Waals surface area contributed by atoms with E-state index in [0.717, 1.165) is 5.56 Å². The average molecular weight is 330 g/mol. The van der Waals surface area contributed by atoms with Gasteiger partial charge >= 0.3 is 6.18 Å². The minimum absolute atomic E-state index is 0.0874. The Morgan fingerprint density at radius 1 is 1.43 bits per heavy atom. The molecule has 0 bridgehead atoms. The maximum atomic E-state index is 13.1. The molecule has 1 aromatic rings. The number of rotatable bonds is 4. The van der Waals surface area contributed by atoms with Gasteiger partial charge in [-0.2, -0.15) is 23.3 Å². The first-order chi connectivity index (χ1) is 10.7. The van der Waals surface area contributed by atoms with Crippen molar-refractivity contribution >= 4 is 11.6 Å². The Bertz CT molecular complexity index is 631. The summed E-state index contributed by atoms with van der Waals surface area (Å²) in [5.41, 5.74) is -2.47. The molecule has 0 saturated carbocycles. The summed E-state index contributed by atoms with van der Waals surface area (Å²) in [4.78, 5) is 12.1. The number of hydrazone groups is 1. The van der Waals surface area contributed by atoms with E-state index >= 15 is 0 Å². The molecule has 1 aromatic carbocycles. The number of carbonyl (C=O) groups is 1. The van der Waals surface area contributed by atoms with Crippen LogP contribution in [-0.4, -0.2) is 40.2 Å². The van der Waals surface area contributed by atoms with Crippen molar-refractivity contribution in [1.29, 1.82) is 0 Å². The normalized spacial score (nSPS) is 21.3. The molecule has 126 valence electrons. The van der Waals surface area contributed by atoms with E-state index in [4.69, 9.17) is 4.74 Å². The van der Waals surface area contributed by atoms with Gasteiger partial charge in [-0.3, -0.25) is 4.79 Å². The van der Waals surface area contributed by atoms with E-state index in [1.807, 2.05) is 0 Å². The van der Waals surface area contributed by atoms with Crippen molar-refractivity contribution < 1.29 is 27.8 Å². The second-order valence-corrected chi connectivity index (χ2v) is 5.27. The van der Waals surface area contributed by atoms with E-state index in [2.05, 4.69) is 5.10 Å². The van der Waals surface area contributed by atoms with Crippen LogP contribution in [0.5, 0.6) is 5.75 Å². The van der Waals surface area contributed by atoms with Crippen molar-refractivity contribution in [2.24, 2.45) is 5.10 Å². The largest absolute Gasteiger partial charge is 0.483 e. The molecule has 1 amide bonds. The minimum Gasteiger partial charge on any atom is -0.483 e. The molecule has 1 atom stereocenters. The van der Waals surface area contributed by atoms with Crippen LogP contribution in [0.4, 0.5) is 13.2 Å². The number of amides is 1. The van der Waals surface area contributed by atoms with Crippen LogP contribution in [0.15, 0.2) is 29.4 Å². The molecule has 0 aromatic heterocycles. The van der Waals surface area contributed by atoms with Gasteiger partial charge in [-0.1, -0.05) is 25.1 Å². The average Bonchev–Trinajstić information content (AvgIpc) is 2.84. The lowest BCUT2D eigenvalue weighted by molar-refractivity contribution is -0.302. The Morgan fingerprint density at radius 2 is 2.09 bits per heavy atom. The van der Waals surface area contributed by atoms with Crippen molar-refractivity contribution in [2.45, 2.75) is 38.6 Å². The number of aliphatic hydroxyl groups is 1. The molecule has 1 aliphatic heterocycles. The predicted octanol–water partition coefficient (Wildman–Crippen LogP) is 2.62. The fourth-order valence-electron chi connectivity index (χ4n) is 2.22. The van der Waals surface area contributed by atoms with Gasteiger partial charge < -0.3 is 9.84 Å². The quantitative estimate of drug-likeness (QED) is 0.923. The third-order valence-electron chi connectivity index (χ3n) is 3.59. The first-order valence-corrected chi connectivity index (χ1v) is 7.06. The highest BCUT2D eigenvalue weighted by Gasteiger charge is 2.62. The molecular weight excluding hydrogens is 313 g/mol. The molecule has 1 heterocycles. The van der Waals surface area contributed by atoms with Gasteiger partial charge in [0.2, 0.25) is 0 Å². The zero-order valence-corrected chi connectivity index (χ0v) is 12.7. The Morgan fingerprint density at radius 3 is 2.65 bits per heavy atom. The van der Waals surface area contributed by atoms with E-state index in [9.17, 15) is 23.1 Å². The van der Waals surface area contributed by atoms with Gasteiger partial charge in [0.15, 0.2) is 6.61 Å². The molecule has 23 heavy (non-hydrogen) atoms. The molecule has 0 radical (unpaired) electrons. The monoisotopic (exact) mass is 330 g/mol. The summed E-state index contributed by atoms with van der Waals surface area (Å²) < 4.78 is 44.7. The van der Waals surface area contributed by atoms with Crippen LogP contribution < -0.4 is 4.74 Å². The zero-order chi connectivity index (χ0) is 17.3. The number of carbonyl (C=O) groups excluding carboxylic acids is 1. The Kier molecular flexibility index (Phi) is 4.65. The Labute approximate surface area is 131 Å². The van der Waals surface area contributed by atoms with E-state index < -0.39 is 30.8 Å². The molecule has 1 unspecified atom stereocenters. The second kappa shape index (κ2) is 6.19. The number of hydrogen-bond acceptors (Lipinski definition) is 4. The van der Waals surface area contributed by atoms with E-state index in [-0.39, 0.29) is 17.1 Å². The van der Waals surface area contributed by atoms with E-state index in [0.29, 0.717) is 5.75 Å². The van der Waals surface area contributed by atoms with Crippen molar-refractivity contribution in [3.8, 4) is 5.75 Å². The van der Waals surface area contributed by atoms with Crippen molar-refractivity contribution in [3.63, 3.8) is 0 Å². The van der Waals surface area contributed by atoms with Gasteiger partial charge in [-0.15, -0.1) is 0 Å². The number of benzene rings is 1.